The number of hydrogen-bond acceptors (Lipinski definition) is 8. The summed E-state index contributed by atoms with van der Waals surface area (Å²) in [7, 11) is 5.92. The van der Waals surface area contributed by atoms with E-state index in [0.717, 1.165) is 77.0 Å². The van der Waals surface area contributed by atoms with Crippen molar-refractivity contribution < 1.29 is 42.9 Å². The number of carbonyl (C=O) groups excluding carboxylic acids is 3. The first-order valence-electron chi connectivity index (χ1n) is 34.1. The Labute approximate surface area is 500 Å². The molecular formula is C72H129NO8. The molecule has 0 heterocycles. The van der Waals surface area contributed by atoms with Gasteiger partial charge in [-0.25, -0.2) is 0 Å². The summed E-state index contributed by atoms with van der Waals surface area (Å²) in [5, 5.41) is 11.8. The number of esters is 2. The number of nitrogens with zero attached hydrogens (tertiary/aromatic N) is 1. The molecule has 0 radical (unpaired) electrons. The highest BCUT2D eigenvalue weighted by atomic mass is 16.7. The largest absolute Gasteiger partial charge is 0.545 e. The number of carbonyl (C=O) groups is 3. The number of likely N-dealkylation sites (N-methyl/N-ethyl adjacent to an activating group) is 1. The van der Waals surface area contributed by atoms with Gasteiger partial charge in [0, 0.05) is 12.8 Å². The second kappa shape index (κ2) is 62.8. The normalized spacial score (nSPS) is 13.1. The van der Waals surface area contributed by atoms with E-state index in [9.17, 15) is 19.5 Å². The van der Waals surface area contributed by atoms with Gasteiger partial charge in [0.15, 0.2) is 12.4 Å². The molecule has 0 aliphatic rings. The summed E-state index contributed by atoms with van der Waals surface area (Å²) in [4.78, 5) is 37.3. The Hall–Kier alpha value is -3.27. The van der Waals surface area contributed by atoms with Crippen LogP contribution in [-0.4, -0.2) is 82.3 Å². The van der Waals surface area contributed by atoms with E-state index in [0.29, 0.717) is 17.4 Å². The molecule has 0 aliphatic heterocycles. The highest BCUT2D eigenvalue weighted by Crippen LogP contribution is 2.18. The molecule has 0 amide bonds. The van der Waals surface area contributed by atoms with Crippen molar-refractivity contribution >= 4 is 17.9 Å². The van der Waals surface area contributed by atoms with Crippen LogP contribution in [0.3, 0.4) is 0 Å². The van der Waals surface area contributed by atoms with E-state index in [1.165, 1.54) is 199 Å². The van der Waals surface area contributed by atoms with Crippen molar-refractivity contribution in [3.05, 3.63) is 72.9 Å². The molecule has 470 valence electrons. The number of ether oxygens (including phenoxy) is 4. The van der Waals surface area contributed by atoms with Crippen LogP contribution in [0.25, 0.3) is 0 Å². The molecule has 0 fully saturated rings. The van der Waals surface area contributed by atoms with Crippen molar-refractivity contribution in [2.24, 2.45) is 0 Å². The number of quaternary nitrogens is 1. The van der Waals surface area contributed by atoms with Crippen molar-refractivity contribution in [3.63, 3.8) is 0 Å². The number of unbranched alkanes of at least 4 members (excludes halogenated alkanes) is 36. The molecule has 0 aromatic heterocycles. The van der Waals surface area contributed by atoms with Crippen molar-refractivity contribution in [3.8, 4) is 0 Å². The number of rotatable bonds is 63. The molecule has 81 heavy (non-hydrogen) atoms. The molecule has 0 saturated heterocycles. The van der Waals surface area contributed by atoms with Gasteiger partial charge in [0.2, 0.25) is 0 Å². The lowest BCUT2D eigenvalue weighted by molar-refractivity contribution is -0.870. The zero-order valence-corrected chi connectivity index (χ0v) is 53.7. The van der Waals surface area contributed by atoms with Gasteiger partial charge in [-0.05, 0) is 83.5 Å². The van der Waals surface area contributed by atoms with E-state index in [-0.39, 0.29) is 38.6 Å². The van der Waals surface area contributed by atoms with Crippen LogP contribution < -0.4 is 5.11 Å². The fourth-order valence-electron chi connectivity index (χ4n) is 9.74. The topological polar surface area (TPSA) is 111 Å². The summed E-state index contributed by atoms with van der Waals surface area (Å²) in [6.45, 7) is 4.62. The Balaban J connectivity index is 3.96. The summed E-state index contributed by atoms with van der Waals surface area (Å²) >= 11 is 0. The fraction of sp³-hybridized carbons (Fsp3) is 0.792. The van der Waals surface area contributed by atoms with Gasteiger partial charge in [0.1, 0.15) is 13.2 Å². The fourth-order valence-corrected chi connectivity index (χ4v) is 9.74. The van der Waals surface area contributed by atoms with E-state index in [4.69, 9.17) is 18.9 Å². The average Bonchev–Trinajstić information content (AvgIpc) is 3.44. The van der Waals surface area contributed by atoms with Gasteiger partial charge in [-0.15, -0.1) is 0 Å². The third kappa shape index (κ3) is 64.1. The SMILES string of the molecule is CC/C=C\C/C=C\C/C=C\C/C=C\CCCCCCC(=O)OC(COC(=O)CCCCCCCCCCCCCCCCCCCCCCCCCCCCC/C=C\C/C=C\CCCCCCC)COC(OCC[N+](C)(C)C)C(=O)[O-]. The van der Waals surface area contributed by atoms with Gasteiger partial charge in [-0.1, -0.05) is 286 Å². The number of aliphatic carboxylic acids is 1. The first-order valence-corrected chi connectivity index (χ1v) is 34.1. The summed E-state index contributed by atoms with van der Waals surface area (Å²) in [6, 6.07) is 0. The van der Waals surface area contributed by atoms with Crippen molar-refractivity contribution in [2.75, 3.05) is 47.5 Å². The Morgan fingerprint density at radius 2 is 0.704 bits per heavy atom. The molecule has 0 aromatic rings. The lowest BCUT2D eigenvalue weighted by Crippen LogP contribution is -2.44. The highest BCUT2D eigenvalue weighted by molar-refractivity contribution is 5.70. The number of allylic oxidation sites excluding steroid dienone is 12. The smallest absolute Gasteiger partial charge is 0.306 e. The number of carboxylic acids is 1. The van der Waals surface area contributed by atoms with Gasteiger partial charge in [-0.3, -0.25) is 9.59 Å². The molecule has 0 saturated carbocycles. The van der Waals surface area contributed by atoms with Gasteiger partial charge < -0.3 is 33.3 Å². The Morgan fingerprint density at radius 3 is 1.05 bits per heavy atom. The van der Waals surface area contributed by atoms with Crippen molar-refractivity contribution in [1.82, 2.24) is 0 Å². The lowest BCUT2D eigenvalue weighted by Gasteiger charge is -2.26. The van der Waals surface area contributed by atoms with Crippen LogP contribution >= 0.6 is 0 Å². The first kappa shape index (κ1) is 77.7. The van der Waals surface area contributed by atoms with Crippen LogP contribution in [0.2, 0.25) is 0 Å². The maximum Gasteiger partial charge on any atom is 0.306 e. The maximum absolute atomic E-state index is 12.9. The first-order chi connectivity index (χ1) is 39.6. The molecule has 2 atom stereocenters. The third-order valence-corrected chi connectivity index (χ3v) is 14.9. The minimum Gasteiger partial charge on any atom is -0.545 e. The zero-order valence-electron chi connectivity index (χ0n) is 53.7. The van der Waals surface area contributed by atoms with E-state index < -0.39 is 24.3 Å². The molecule has 2 unspecified atom stereocenters. The summed E-state index contributed by atoms with van der Waals surface area (Å²) < 4.78 is 22.7. The lowest BCUT2D eigenvalue weighted by atomic mass is 10.0. The quantitative estimate of drug-likeness (QED) is 0.0195. The van der Waals surface area contributed by atoms with Crippen LogP contribution in [0.1, 0.15) is 309 Å². The van der Waals surface area contributed by atoms with Crippen LogP contribution in [-0.2, 0) is 33.3 Å². The monoisotopic (exact) mass is 1140 g/mol. The van der Waals surface area contributed by atoms with E-state index >= 15 is 0 Å². The molecule has 9 nitrogen and oxygen atoms in total. The molecule has 0 bridgehead atoms. The highest BCUT2D eigenvalue weighted by Gasteiger charge is 2.22. The summed E-state index contributed by atoms with van der Waals surface area (Å²) in [6.07, 6.45) is 80.1. The van der Waals surface area contributed by atoms with Crippen molar-refractivity contribution in [1.29, 1.82) is 0 Å². The molecule has 0 rings (SSSR count). The van der Waals surface area contributed by atoms with Gasteiger partial charge in [0.25, 0.3) is 0 Å². The predicted octanol–water partition coefficient (Wildman–Crippen LogP) is 19.6. The Bertz CT molecular complexity index is 1560. The number of carboxylic acid groups (broad SMARTS) is 1. The van der Waals surface area contributed by atoms with Crippen LogP contribution in [0.5, 0.6) is 0 Å². The second-order valence-electron chi connectivity index (χ2n) is 24.1. The molecule has 0 aromatic carbocycles. The Morgan fingerprint density at radius 1 is 0.383 bits per heavy atom. The van der Waals surface area contributed by atoms with Gasteiger partial charge >= 0.3 is 11.9 Å². The van der Waals surface area contributed by atoms with E-state index in [2.05, 4.69) is 86.8 Å². The second-order valence-corrected chi connectivity index (χ2v) is 24.1. The Kier molecular flexibility index (Phi) is 60.2. The summed E-state index contributed by atoms with van der Waals surface area (Å²) in [5.41, 5.74) is 0. The molecule has 9 heteroatoms. The predicted molar refractivity (Wildman–Crippen MR) is 343 cm³/mol. The van der Waals surface area contributed by atoms with E-state index in [1.54, 1.807) is 0 Å². The minimum atomic E-state index is -1.63. The molecule has 0 N–H and O–H groups in total. The molecule has 0 spiro atoms. The van der Waals surface area contributed by atoms with Crippen LogP contribution in [0.15, 0.2) is 72.9 Å². The third-order valence-electron chi connectivity index (χ3n) is 14.9. The van der Waals surface area contributed by atoms with Crippen molar-refractivity contribution in [2.45, 2.75) is 322 Å². The van der Waals surface area contributed by atoms with E-state index in [1.807, 2.05) is 21.1 Å². The molecular weight excluding hydrogens is 1010 g/mol. The van der Waals surface area contributed by atoms with Crippen LogP contribution in [0, 0.1) is 0 Å². The van der Waals surface area contributed by atoms with Crippen LogP contribution in [0.4, 0.5) is 0 Å². The minimum absolute atomic E-state index is 0.141. The average molecular weight is 1140 g/mol. The standard InChI is InChI=1S/C72H129NO8/c1-6-8-10-12-14-16-18-20-22-24-25-26-27-28-29-30-31-32-33-34-35-36-37-38-39-40-41-42-43-44-45-47-48-50-52-54-56-58-60-62-69(74)79-66-68(67-80-72(71(76)77)78-65-64-73(3,4)5)81-70(75)63-61-59-57-55-53-51-49-46-23-21-19-17-15-13-11-9-7-2/h9,11,15,17-18,20-21,23-25,49,51,68,72H,6-8,10,12-14,16,19,22,26-48,50,52-67H2,1-5H3/b11-9-,17-15-,20-18-,23-21-,25-24-,51-49-. The summed E-state index contributed by atoms with van der Waals surface area (Å²) in [5.74, 6) is -2.31. The molecule has 0 aliphatic carbocycles. The maximum atomic E-state index is 12.9. The van der Waals surface area contributed by atoms with Gasteiger partial charge in [0.05, 0.1) is 40.3 Å². The zero-order chi connectivity index (χ0) is 59.1. The van der Waals surface area contributed by atoms with Gasteiger partial charge in [-0.2, -0.15) is 0 Å². The number of hydrogen-bond donors (Lipinski definition) is 0.